The molecule has 2 aromatic rings. The van der Waals surface area contributed by atoms with Crippen LogP contribution in [0.5, 0.6) is 0 Å². The van der Waals surface area contributed by atoms with Gasteiger partial charge in [0.2, 0.25) is 0 Å². The predicted octanol–water partition coefficient (Wildman–Crippen LogP) is 0.704. The van der Waals surface area contributed by atoms with Crippen LogP contribution in [0.25, 0.3) is 5.65 Å². The Morgan fingerprint density at radius 2 is 2.60 bits per heavy atom. The summed E-state index contributed by atoms with van der Waals surface area (Å²) in [6, 6.07) is 1.92. The van der Waals surface area contributed by atoms with Crippen LogP contribution in [0.2, 0.25) is 0 Å². The summed E-state index contributed by atoms with van der Waals surface area (Å²) in [6.07, 6.45) is 3.75. The molecule has 0 radical (unpaired) electrons. The van der Waals surface area contributed by atoms with Crippen molar-refractivity contribution in [1.82, 2.24) is 14.6 Å². The molecule has 0 aliphatic carbocycles. The van der Waals surface area contributed by atoms with Gasteiger partial charge in [-0.3, -0.25) is 0 Å². The molecule has 0 saturated carbocycles. The number of imidazole rings is 1. The second kappa shape index (κ2) is 1.76. The van der Waals surface area contributed by atoms with Gasteiger partial charge >= 0.3 is 0 Å². The monoisotopic (exact) mass is 136 g/mol. The van der Waals surface area contributed by atoms with Gasteiger partial charge in [-0.2, -0.15) is 0 Å². The van der Waals surface area contributed by atoms with E-state index in [2.05, 4.69) is 15.4 Å². The Balaban J connectivity index is 2.67. The highest BCUT2D eigenvalue weighted by Crippen LogP contribution is 2.05. The molecule has 2 heterocycles. The number of aromatic amines is 1. The number of nitrogens with one attached hydrogen (secondary N) is 2. The average molecular weight is 136 g/mol. The molecule has 0 unspecified atom stereocenters. The number of fused-ring (bicyclic) bond motifs is 1. The molecular formula is C6H8N4. The highest BCUT2D eigenvalue weighted by Gasteiger charge is 1.96. The maximum Gasteiger partial charge on any atom is 0.155 e. The summed E-state index contributed by atoms with van der Waals surface area (Å²) >= 11 is 0. The largest absolute Gasteiger partial charge is 0.372 e. The van der Waals surface area contributed by atoms with Crippen molar-refractivity contribution in [2.24, 2.45) is 0 Å². The summed E-state index contributed by atoms with van der Waals surface area (Å²) < 4.78 is 1.85. The fourth-order valence-electron chi connectivity index (χ4n) is 0.928. The van der Waals surface area contributed by atoms with Crippen molar-refractivity contribution in [3.05, 3.63) is 18.5 Å². The van der Waals surface area contributed by atoms with Gasteiger partial charge in [-0.1, -0.05) is 0 Å². The molecule has 0 spiro atoms. The molecule has 2 N–H and O–H groups in total. The van der Waals surface area contributed by atoms with E-state index in [9.17, 15) is 0 Å². The van der Waals surface area contributed by atoms with E-state index in [0.29, 0.717) is 0 Å². The molecule has 0 aliphatic rings. The lowest BCUT2D eigenvalue weighted by atomic mass is 10.7. The van der Waals surface area contributed by atoms with Crippen molar-refractivity contribution in [2.75, 3.05) is 12.4 Å². The molecule has 10 heavy (non-hydrogen) atoms. The van der Waals surface area contributed by atoms with Crippen LogP contribution in [-0.2, 0) is 0 Å². The SMILES string of the molecule is CNc1cn2[nH]ccc2n1. The zero-order chi connectivity index (χ0) is 6.97. The molecule has 0 aromatic carbocycles. The molecule has 0 saturated heterocycles. The van der Waals surface area contributed by atoms with Gasteiger partial charge < -0.3 is 10.4 Å². The maximum atomic E-state index is 4.21. The van der Waals surface area contributed by atoms with Gasteiger partial charge in [-0.05, 0) is 0 Å². The Kier molecular flexibility index (Phi) is 0.943. The Morgan fingerprint density at radius 1 is 1.70 bits per heavy atom. The molecule has 0 atom stereocenters. The van der Waals surface area contributed by atoms with E-state index in [1.54, 1.807) is 0 Å². The van der Waals surface area contributed by atoms with E-state index in [4.69, 9.17) is 0 Å². The van der Waals surface area contributed by atoms with Crippen LogP contribution in [0.15, 0.2) is 18.5 Å². The van der Waals surface area contributed by atoms with Crippen LogP contribution in [0.1, 0.15) is 0 Å². The number of aromatic nitrogens is 3. The quantitative estimate of drug-likeness (QED) is 0.606. The highest BCUT2D eigenvalue weighted by atomic mass is 15.3. The van der Waals surface area contributed by atoms with E-state index in [1.807, 2.05) is 30.0 Å². The summed E-state index contributed by atoms with van der Waals surface area (Å²) in [4.78, 5) is 4.21. The van der Waals surface area contributed by atoms with Crippen molar-refractivity contribution >= 4 is 11.5 Å². The normalized spacial score (nSPS) is 10.5. The molecule has 4 heteroatoms. The van der Waals surface area contributed by atoms with Gasteiger partial charge in [0.05, 0.1) is 6.20 Å². The Hall–Kier alpha value is -1.45. The Morgan fingerprint density at radius 3 is 3.30 bits per heavy atom. The third-order valence-electron chi connectivity index (χ3n) is 1.44. The van der Waals surface area contributed by atoms with Gasteiger partial charge in [0.15, 0.2) is 5.65 Å². The van der Waals surface area contributed by atoms with Gasteiger partial charge in [0.25, 0.3) is 0 Å². The molecule has 0 amide bonds. The van der Waals surface area contributed by atoms with E-state index in [0.717, 1.165) is 11.5 Å². The van der Waals surface area contributed by atoms with Crippen molar-refractivity contribution in [3.8, 4) is 0 Å². The van der Waals surface area contributed by atoms with Gasteiger partial charge in [0, 0.05) is 19.3 Å². The fraction of sp³-hybridized carbons (Fsp3) is 0.167. The van der Waals surface area contributed by atoms with Crippen LogP contribution >= 0.6 is 0 Å². The second-order valence-electron chi connectivity index (χ2n) is 2.07. The molecule has 0 fully saturated rings. The summed E-state index contributed by atoms with van der Waals surface area (Å²) in [6.45, 7) is 0. The molecule has 0 aliphatic heterocycles. The second-order valence-corrected chi connectivity index (χ2v) is 2.07. The van der Waals surface area contributed by atoms with E-state index in [-0.39, 0.29) is 0 Å². The minimum atomic E-state index is 0.881. The smallest absolute Gasteiger partial charge is 0.155 e. The molecule has 2 rings (SSSR count). The Bertz CT molecular complexity index is 303. The minimum absolute atomic E-state index is 0.881. The lowest BCUT2D eigenvalue weighted by Crippen LogP contribution is -1.85. The third-order valence-corrected chi connectivity index (χ3v) is 1.44. The number of rotatable bonds is 1. The Labute approximate surface area is 57.9 Å². The zero-order valence-corrected chi connectivity index (χ0v) is 5.63. The third kappa shape index (κ3) is 0.586. The van der Waals surface area contributed by atoms with E-state index in [1.165, 1.54) is 0 Å². The van der Waals surface area contributed by atoms with Crippen molar-refractivity contribution < 1.29 is 0 Å². The molecule has 4 nitrogen and oxygen atoms in total. The number of nitrogens with zero attached hydrogens (tertiary/aromatic N) is 2. The number of H-pyrrole nitrogens is 1. The lowest BCUT2D eigenvalue weighted by Gasteiger charge is -1.85. The van der Waals surface area contributed by atoms with Crippen LogP contribution in [-0.4, -0.2) is 21.6 Å². The zero-order valence-electron chi connectivity index (χ0n) is 5.63. The summed E-state index contributed by atoms with van der Waals surface area (Å²) in [7, 11) is 1.85. The highest BCUT2D eigenvalue weighted by molar-refractivity contribution is 5.46. The van der Waals surface area contributed by atoms with E-state index >= 15 is 0 Å². The van der Waals surface area contributed by atoms with Crippen molar-refractivity contribution in [1.29, 1.82) is 0 Å². The average Bonchev–Trinajstić information content (AvgIpc) is 2.42. The van der Waals surface area contributed by atoms with Crippen molar-refractivity contribution in [2.45, 2.75) is 0 Å². The first kappa shape index (κ1) is 5.34. The van der Waals surface area contributed by atoms with E-state index < -0.39 is 0 Å². The summed E-state index contributed by atoms with van der Waals surface area (Å²) in [5, 5.41) is 5.94. The van der Waals surface area contributed by atoms with Gasteiger partial charge in [-0.25, -0.2) is 9.50 Å². The molecule has 2 aromatic heterocycles. The molecule has 52 valence electrons. The van der Waals surface area contributed by atoms with Crippen LogP contribution in [0.3, 0.4) is 0 Å². The van der Waals surface area contributed by atoms with Gasteiger partial charge in [0.1, 0.15) is 5.82 Å². The van der Waals surface area contributed by atoms with Gasteiger partial charge in [-0.15, -0.1) is 0 Å². The minimum Gasteiger partial charge on any atom is -0.372 e. The number of hydrogen-bond acceptors (Lipinski definition) is 2. The fourth-order valence-corrected chi connectivity index (χ4v) is 0.928. The van der Waals surface area contributed by atoms with Crippen molar-refractivity contribution in [3.63, 3.8) is 0 Å². The maximum absolute atomic E-state index is 4.21. The van der Waals surface area contributed by atoms with Crippen LogP contribution in [0, 0.1) is 0 Å². The first-order valence-electron chi connectivity index (χ1n) is 3.10. The number of anilines is 1. The first-order chi connectivity index (χ1) is 4.90. The molecule has 0 bridgehead atoms. The first-order valence-corrected chi connectivity index (χ1v) is 3.10. The topological polar surface area (TPSA) is 45.1 Å². The summed E-state index contributed by atoms with van der Waals surface area (Å²) in [5.41, 5.74) is 0.935. The standard InChI is InChI=1S/C6H8N4/c1-7-5-4-10-6(9-5)2-3-8-10/h2-4,7-8H,1H3. The molecular weight excluding hydrogens is 128 g/mol. The number of hydrogen-bond donors (Lipinski definition) is 2. The van der Waals surface area contributed by atoms with Crippen LogP contribution in [0.4, 0.5) is 5.82 Å². The lowest BCUT2D eigenvalue weighted by molar-refractivity contribution is 0.974. The van der Waals surface area contributed by atoms with Crippen LogP contribution < -0.4 is 5.32 Å². The summed E-state index contributed by atoms with van der Waals surface area (Å²) in [5.74, 6) is 0.881. The predicted molar refractivity (Wildman–Crippen MR) is 39.1 cm³/mol.